The summed E-state index contributed by atoms with van der Waals surface area (Å²) in [6.07, 6.45) is 5.37. The lowest BCUT2D eigenvalue weighted by Gasteiger charge is -2.47. The number of likely N-dealkylation sites (N-methyl/N-ethyl adjacent to an activating group) is 2. The van der Waals surface area contributed by atoms with Gasteiger partial charge in [-0.3, -0.25) is 4.90 Å². The highest BCUT2D eigenvalue weighted by Gasteiger charge is 2.45. The zero-order valence-corrected chi connectivity index (χ0v) is 14.3. The topological polar surface area (TPSA) is 15.3 Å². The maximum Gasteiger partial charge on any atom is 0.0507 e. The first-order valence-corrected chi connectivity index (χ1v) is 8.73. The summed E-state index contributed by atoms with van der Waals surface area (Å²) in [7, 11) is 0. The van der Waals surface area contributed by atoms with Crippen LogP contribution in [0.15, 0.2) is 24.3 Å². The van der Waals surface area contributed by atoms with Gasteiger partial charge in [0.05, 0.1) is 6.04 Å². The van der Waals surface area contributed by atoms with Crippen LogP contribution in [0, 0.1) is 6.92 Å². The first-order chi connectivity index (χ1) is 10.2. The van der Waals surface area contributed by atoms with E-state index in [1.54, 1.807) is 0 Å². The van der Waals surface area contributed by atoms with Gasteiger partial charge in [0, 0.05) is 5.54 Å². The summed E-state index contributed by atoms with van der Waals surface area (Å²) in [4.78, 5) is 2.70. The van der Waals surface area contributed by atoms with Crippen LogP contribution in [-0.4, -0.2) is 30.1 Å². The van der Waals surface area contributed by atoms with Gasteiger partial charge in [-0.15, -0.1) is 0 Å². The van der Waals surface area contributed by atoms with Crippen molar-refractivity contribution in [3.63, 3.8) is 0 Å². The first-order valence-electron chi connectivity index (χ1n) is 8.73. The van der Waals surface area contributed by atoms with E-state index in [-0.39, 0.29) is 0 Å². The van der Waals surface area contributed by atoms with E-state index in [4.69, 9.17) is 0 Å². The van der Waals surface area contributed by atoms with Gasteiger partial charge in [-0.25, -0.2) is 0 Å². The Hall–Kier alpha value is -0.860. The van der Waals surface area contributed by atoms with Crippen LogP contribution in [0.5, 0.6) is 0 Å². The van der Waals surface area contributed by atoms with Crippen LogP contribution in [0.1, 0.15) is 63.6 Å². The molecule has 1 N–H and O–H groups in total. The minimum absolute atomic E-state index is 0.300. The van der Waals surface area contributed by atoms with Crippen LogP contribution in [0.4, 0.5) is 0 Å². The summed E-state index contributed by atoms with van der Waals surface area (Å²) < 4.78 is 0. The highest BCUT2D eigenvalue weighted by molar-refractivity contribution is 5.28. The van der Waals surface area contributed by atoms with Crippen molar-refractivity contribution in [3.05, 3.63) is 35.4 Å². The van der Waals surface area contributed by atoms with E-state index >= 15 is 0 Å². The van der Waals surface area contributed by atoms with Crippen molar-refractivity contribution < 1.29 is 0 Å². The lowest BCUT2D eigenvalue weighted by Crippen LogP contribution is -2.55. The van der Waals surface area contributed by atoms with Crippen molar-refractivity contribution in [2.45, 2.75) is 65.0 Å². The molecule has 1 unspecified atom stereocenters. The van der Waals surface area contributed by atoms with Crippen LogP contribution < -0.4 is 5.32 Å². The molecule has 118 valence electrons. The van der Waals surface area contributed by atoms with Crippen molar-refractivity contribution >= 4 is 0 Å². The fraction of sp³-hybridized carbons (Fsp3) is 0.684. The molecule has 0 spiro atoms. The molecule has 0 aromatic heterocycles. The molecule has 0 bridgehead atoms. The molecule has 0 aliphatic heterocycles. The highest BCUT2D eigenvalue weighted by Crippen LogP contribution is 2.44. The molecule has 0 saturated heterocycles. The van der Waals surface area contributed by atoms with E-state index in [0.717, 1.165) is 19.6 Å². The van der Waals surface area contributed by atoms with Gasteiger partial charge in [0.2, 0.25) is 0 Å². The first kappa shape index (κ1) is 16.5. The molecule has 1 saturated carbocycles. The van der Waals surface area contributed by atoms with Gasteiger partial charge >= 0.3 is 0 Å². The van der Waals surface area contributed by atoms with Gasteiger partial charge in [0.15, 0.2) is 0 Å². The fourth-order valence-electron chi connectivity index (χ4n) is 4.21. The standard InChI is InChI=1S/C19H32N2/c1-5-20-18(17-12-10-16(4)11-13-17)19(14-8-9-15-19)21(6-2)7-3/h10-13,18,20H,5-9,14-15H2,1-4H3. The zero-order valence-electron chi connectivity index (χ0n) is 14.3. The number of hydrogen-bond donors (Lipinski definition) is 1. The second kappa shape index (κ2) is 7.42. The van der Waals surface area contributed by atoms with Crippen LogP contribution in [0.2, 0.25) is 0 Å². The summed E-state index contributed by atoms with van der Waals surface area (Å²) in [5.41, 5.74) is 3.10. The molecule has 0 amide bonds. The lowest BCUT2D eigenvalue weighted by atomic mass is 9.81. The smallest absolute Gasteiger partial charge is 0.0507 e. The number of hydrogen-bond acceptors (Lipinski definition) is 2. The van der Waals surface area contributed by atoms with Crippen LogP contribution >= 0.6 is 0 Å². The van der Waals surface area contributed by atoms with Gasteiger partial charge in [-0.1, -0.05) is 63.4 Å². The van der Waals surface area contributed by atoms with Gasteiger partial charge in [0.25, 0.3) is 0 Å². The minimum Gasteiger partial charge on any atom is -0.309 e. The summed E-state index contributed by atoms with van der Waals surface area (Å²) >= 11 is 0. The number of rotatable bonds is 7. The minimum atomic E-state index is 0.300. The molecule has 1 aromatic rings. The molecular weight excluding hydrogens is 256 g/mol. The summed E-state index contributed by atoms with van der Waals surface area (Å²) in [6, 6.07) is 9.61. The number of nitrogens with zero attached hydrogens (tertiary/aromatic N) is 1. The quantitative estimate of drug-likeness (QED) is 0.804. The Bertz CT molecular complexity index is 414. The molecule has 1 atom stereocenters. The lowest BCUT2D eigenvalue weighted by molar-refractivity contribution is 0.0632. The summed E-state index contributed by atoms with van der Waals surface area (Å²) in [5, 5.41) is 3.81. The maximum atomic E-state index is 3.81. The monoisotopic (exact) mass is 288 g/mol. The number of benzene rings is 1. The average molecular weight is 288 g/mol. The molecule has 21 heavy (non-hydrogen) atoms. The Morgan fingerprint density at radius 2 is 1.62 bits per heavy atom. The molecule has 1 aliphatic rings. The second-order valence-corrected chi connectivity index (χ2v) is 6.38. The van der Waals surface area contributed by atoms with Crippen LogP contribution in [-0.2, 0) is 0 Å². The zero-order chi connectivity index (χ0) is 15.3. The Kier molecular flexibility index (Phi) is 5.83. The molecule has 1 aromatic carbocycles. The summed E-state index contributed by atoms with van der Waals surface area (Å²) in [6.45, 7) is 12.3. The average Bonchev–Trinajstić information content (AvgIpc) is 2.98. The van der Waals surface area contributed by atoms with Crippen molar-refractivity contribution in [3.8, 4) is 0 Å². The Morgan fingerprint density at radius 3 is 2.10 bits per heavy atom. The van der Waals surface area contributed by atoms with Crippen LogP contribution in [0.25, 0.3) is 0 Å². The maximum absolute atomic E-state index is 3.81. The Balaban J connectivity index is 2.39. The van der Waals surface area contributed by atoms with E-state index < -0.39 is 0 Å². The molecule has 0 heterocycles. The van der Waals surface area contributed by atoms with Gasteiger partial charge in [-0.05, 0) is 45.0 Å². The molecule has 2 heteroatoms. The third-order valence-electron chi connectivity index (χ3n) is 5.22. The van der Waals surface area contributed by atoms with Gasteiger partial charge in [0.1, 0.15) is 0 Å². The number of nitrogens with one attached hydrogen (secondary N) is 1. The Labute approximate surface area is 130 Å². The highest BCUT2D eigenvalue weighted by atomic mass is 15.2. The molecule has 0 radical (unpaired) electrons. The van der Waals surface area contributed by atoms with Crippen molar-refractivity contribution in [2.75, 3.05) is 19.6 Å². The van der Waals surface area contributed by atoms with E-state index in [9.17, 15) is 0 Å². The summed E-state index contributed by atoms with van der Waals surface area (Å²) in [5.74, 6) is 0. The van der Waals surface area contributed by atoms with Crippen molar-refractivity contribution in [1.82, 2.24) is 10.2 Å². The van der Waals surface area contributed by atoms with Crippen molar-refractivity contribution in [2.24, 2.45) is 0 Å². The fourth-order valence-corrected chi connectivity index (χ4v) is 4.21. The van der Waals surface area contributed by atoms with Gasteiger partial charge in [-0.2, -0.15) is 0 Å². The predicted molar refractivity (Wildman–Crippen MR) is 91.7 cm³/mol. The third-order valence-corrected chi connectivity index (χ3v) is 5.22. The van der Waals surface area contributed by atoms with E-state index in [2.05, 4.69) is 62.2 Å². The SMILES string of the molecule is CCNC(c1ccc(C)cc1)C1(N(CC)CC)CCCC1. The molecular formula is C19H32N2. The molecule has 1 fully saturated rings. The predicted octanol–water partition coefficient (Wildman–Crippen LogP) is 4.30. The third kappa shape index (κ3) is 3.32. The Morgan fingerprint density at radius 1 is 1.05 bits per heavy atom. The van der Waals surface area contributed by atoms with E-state index in [1.807, 2.05) is 0 Å². The molecule has 2 nitrogen and oxygen atoms in total. The van der Waals surface area contributed by atoms with Crippen LogP contribution in [0.3, 0.4) is 0 Å². The van der Waals surface area contributed by atoms with E-state index in [1.165, 1.54) is 36.8 Å². The van der Waals surface area contributed by atoms with E-state index in [0.29, 0.717) is 11.6 Å². The molecule has 1 aliphatic carbocycles. The molecule has 2 rings (SSSR count). The van der Waals surface area contributed by atoms with Gasteiger partial charge < -0.3 is 5.32 Å². The normalized spacial score (nSPS) is 19.1. The second-order valence-electron chi connectivity index (χ2n) is 6.38. The van der Waals surface area contributed by atoms with Crippen molar-refractivity contribution in [1.29, 1.82) is 0 Å². The number of aryl methyl sites for hydroxylation is 1. The largest absolute Gasteiger partial charge is 0.309 e.